The number of fused-ring (bicyclic) bond motifs is 14. The Morgan fingerprint density at radius 2 is 1.20 bits per heavy atom. The summed E-state index contributed by atoms with van der Waals surface area (Å²) in [6, 6.07) is 59.8. The van der Waals surface area contributed by atoms with Crippen molar-refractivity contribution in [3.8, 4) is 22.3 Å². The van der Waals surface area contributed by atoms with Gasteiger partial charge in [-0.05, 0) is 75.2 Å². The van der Waals surface area contributed by atoms with E-state index in [1.165, 1.54) is 75.8 Å². The van der Waals surface area contributed by atoms with E-state index < -0.39 is 0 Å². The Kier molecular flexibility index (Phi) is 7.68. The van der Waals surface area contributed by atoms with Gasteiger partial charge in [0, 0.05) is 25.7 Å². The maximum Gasteiger partial charge on any atom is 0.0938 e. The van der Waals surface area contributed by atoms with E-state index in [4.69, 9.17) is 5.73 Å². The summed E-state index contributed by atoms with van der Waals surface area (Å²) in [5, 5.41) is 2.72. The van der Waals surface area contributed by atoms with Crippen LogP contribution in [0, 0.1) is 0 Å². The molecule has 1 heterocycles. The van der Waals surface area contributed by atoms with Crippen molar-refractivity contribution in [2.24, 2.45) is 5.73 Å². The highest BCUT2D eigenvalue weighted by molar-refractivity contribution is 7.26. The van der Waals surface area contributed by atoms with Gasteiger partial charge in [0.25, 0.3) is 0 Å². The minimum Gasteiger partial charge on any atom is -0.311 e. The number of nitrogens with one attached hydrogen (secondary N) is 2. The molecule has 1 spiro atoms. The Hall–Kier alpha value is -5.36. The van der Waals surface area contributed by atoms with Crippen LogP contribution in [0.5, 0.6) is 0 Å². The van der Waals surface area contributed by atoms with Crippen LogP contribution in [0.3, 0.4) is 0 Å². The molecule has 2 atom stereocenters. The van der Waals surface area contributed by atoms with E-state index >= 15 is 0 Å². The molecule has 2 unspecified atom stereocenters. The minimum atomic E-state index is -0.311. The van der Waals surface area contributed by atoms with Crippen molar-refractivity contribution < 1.29 is 0 Å². The van der Waals surface area contributed by atoms with Crippen LogP contribution >= 0.6 is 11.3 Å². The summed E-state index contributed by atoms with van der Waals surface area (Å²) in [5.41, 5.74) is 26.1. The zero-order valence-electron chi connectivity index (χ0n) is 27.9. The number of hydrogen-bond acceptors (Lipinski definition) is 4. The molecule has 4 N–H and O–H groups in total. The van der Waals surface area contributed by atoms with Crippen molar-refractivity contribution in [3.05, 3.63) is 203 Å². The van der Waals surface area contributed by atoms with Crippen molar-refractivity contribution >= 4 is 31.5 Å². The van der Waals surface area contributed by atoms with Crippen LogP contribution in [-0.4, -0.2) is 7.05 Å². The lowest BCUT2D eigenvalue weighted by atomic mass is 9.70. The quantitative estimate of drug-likeness (QED) is 0.127. The minimum absolute atomic E-state index is 0.138. The number of benzene rings is 7. The predicted molar refractivity (Wildman–Crippen MR) is 210 cm³/mol. The fourth-order valence-electron chi connectivity index (χ4n) is 8.29. The third-order valence-electron chi connectivity index (χ3n) is 10.4. The highest BCUT2D eigenvalue weighted by Crippen LogP contribution is 2.64. The maximum atomic E-state index is 5.73. The van der Waals surface area contributed by atoms with Gasteiger partial charge in [0.1, 0.15) is 0 Å². The van der Waals surface area contributed by atoms with Gasteiger partial charge in [-0.1, -0.05) is 158 Å². The summed E-state index contributed by atoms with van der Waals surface area (Å²) in [6.45, 7) is 0. The Morgan fingerprint density at radius 1 is 0.560 bits per heavy atom. The monoisotopic (exact) mass is 663 g/mol. The molecule has 0 amide bonds. The summed E-state index contributed by atoms with van der Waals surface area (Å²) >= 11 is 1.94. The molecule has 2 aliphatic rings. The van der Waals surface area contributed by atoms with Gasteiger partial charge in [-0.25, -0.2) is 5.43 Å². The smallest absolute Gasteiger partial charge is 0.0938 e. The van der Waals surface area contributed by atoms with Gasteiger partial charge in [-0.3, -0.25) is 5.43 Å². The van der Waals surface area contributed by atoms with Crippen LogP contribution in [0.25, 0.3) is 42.4 Å². The largest absolute Gasteiger partial charge is 0.311 e. The van der Waals surface area contributed by atoms with Gasteiger partial charge in [0.15, 0.2) is 0 Å². The zero-order valence-corrected chi connectivity index (χ0v) is 28.7. The molecular formula is C46H37N3S. The fourth-order valence-corrected chi connectivity index (χ4v) is 9.55. The van der Waals surface area contributed by atoms with Gasteiger partial charge in [0.05, 0.1) is 11.6 Å². The predicted octanol–water partition coefficient (Wildman–Crippen LogP) is 10.4. The van der Waals surface area contributed by atoms with E-state index in [2.05, 4.69) is 144 Å². The molecule has 0 saturated heterocycles. The lowest BCUT2D eigenvalue weighted by Gasteiger charge is -2.30. The van der Waals surface area contributed by atoms with Crippen LogP contribution in [-0.2, 0) is 11.8 Å². The van der Waals surface area contributed by atoms with Gasteiger partial charge >= 0.3 is 0 Å². The first-order valence-electron chi connectivity index (χ1n) is 17.2. The highest BCUT2D eigenvalue weighted by atomic mass is 32.1. The van der Waals surface area contributed by atoms with Crippen molar-refractivity contribution in [2.75, 3.05) is 7.05 Å². The number of rotatable bonds is 5. The van der Waals surface area contributed by atoms with E-state index in [1.807, 2.05) is 41.7 Å². The third kappa shape index (κ3) is 4.76. The number of nitrogens with two attached hydrogens (primary N) is 1. The van der Waals surface area contributed by atoms with Crippen LogP contribution in [0.15, 0.2) is 164 Å². The first-order chi connectivity index (χ1) is 24.7. The molecule has 0 aliphatic heterocycles. The Labute approximate surface area is 297 Å². The van der Waals surface area contributed by atoms with Gasteiger partial charge in [-0.15, -0.1) is 11.3 Å². The second-order valence-corrected chi connectivity index (χ2v) is 14.2. The first kappa shape index (κ1) is 30.7. The van der Waals surface area contributed by atoms with E-state index in [-0.39, 0.29) is 11.6 Å². The van der Waals surface area contributed by atoms with E-state index in [0.717, 1.165) is 12.0 Å². The molecule has 0 bridgehead atoms. The fraction of sp³-hybridized carbons (Fsp3) is 0.0870. The summed E-state index contributed by atoms with van der Waals surface area (Å²) in [6.07, 6.45) is 0.797. The first-order valence-corrected chi connectivity index (χ1v) is 18.0. The molecule has 3 nitrogen and oxygen atoms in total. The molecule has 0 saturated carbocycles. The van der Waals surface area contributed by atoms with Crippen LogP contribution in [0.4, 0.5) is 0 Å². The summed E-state index contributed by atoms with van der Waals surface area (Å²) in [5.74, 6) is 0. The topological polar surface area (TPSA) is 50.1 Å². The van der Waals surface area contributed by atoms with Gasteiger partial charge in [0.2, 0.25) is 0 Å². The Balaban J connectivity index is 0.000000264. The summed E-state index contributed by atoms with van der Waals surface area (Å²) in [4.78, 5) is 0. The maximum absolute atomic E-state index is 5.73. The van der Waals surface area contributed by atoms with Gasteiger partial charge in [-0.2, -0.15) is 0 Å². The standard InChI is InChI=1S/C38H24S.C8H13N3/c1-2-10-24(11-3-1)22-25-18-19-27-26-12-4-7-15-31(26)38(34(27)23-25)32-16-8-5-14-30(32)36-33(38)21-20-29-28-13-6-9-17-35(28)39-37(29)36;1-10-11-8(9)7-5-3-2-4-6-7/h1-21,23H,22H2;2-6,8,10-11H,9H2,1H3. The molecule has 7 aromatic carbocycles. The second-order valence-electron chi connectivity index (χ2n) is 13.1. The average Bonchev–Trinajstić information content (AvgIpc) is 3.80. The molecule has 0 radical (unpaired) electrons. The Bertz CT molecular complexity index is 2500. The number of hydrazine groups is 1. The molecule has 4 heteroatoms. The average molecular weight is 664 g/mol. The third-order valence-corrected chi connectivity index (χ3v) is 11.6. The van der Waals surface area contributed by atoms with Gasteiger partial charge < -0.3 is 5.73 Å². The molecule has 10 rings (SSSR count). The molecule has 242 valence electrons. The second kappa shape index (κ2) is 12.5. The van der Waals surface area contributed by atoms with Crippen molar-refractivity contribution in [1.29, 1.82) is 0 Å². The highest BCUT2D eigenvalue weighted by Gasteiger charge is 2.52. The molecule has 2 aliphatic carbocycles. The molecule has 50 heavy (non-hydrogen) atoms. The lowest BCUT2D eigenvalue weighted by molar-refractivity contribution is 0.488. The Morgan fingerprint density at radius 3 is 1.98 bits per heavy atom. The number of hydrogen-bond donors (Lipinski definition) is 3. The normalized spacial score (nSPS) is 15.6. The SMILES string of the molecule is CNNC(N)c1ccccc1.c1ccc(Cc2ccc3c(c2)C2(c4ccccc4-3)c3ccccc3-c3c2ccc2c3sc3ccccc32)cc1. The van der Waals surface area contributed by atoms with Crippen molar-refractivity contribution in [1.82, 2.24) is 10.9 Å². The summed E-state index contributed by atoms with van der Waals surface area (Å²) < 4.78 is 2.76. The van der Waals surface area contributed by atoms with Crippen molar-refractivity contribution in [2.45, 2.75) is 18.0 Å². The van der Waals surface area contributed by atoms with E-state index in [1.54, 1.807) is 7.05 Å². The molecule has 8 aromatic rings. The van der Waals surface area contributed by atoms with Crippen LogP contribution in [0.1, 0.15) is 45.1 Å². The van der Waals surface area contributed by atoms with Crippen LogP contribution in [0.2, 0.25) is 0 Å². The summed E-state index contributed by atoms with van der Waals surface area (Å²) in [7, 11) is 1.79. The molecule has 1 aromatic heterocycles. The van der Waals surface area contributed by atoms with Crippen LogP contribution < -0.4 is 16.6 Å². The van der Waals surface area contributed by atoms with Crippen molar-refractivity contribution in [3.63, 3.8) is 0 Å². The molecule has 0 fully saturated rings. The lowest BCUT2D eigenvalue weighted by Crippen LogP contribution is -2.37. The molecular weight excluding hydrogens is 627 g/mol. The van der Waals surface area contributed by atoms with E-state index in [9.17, 15) is 0 Å². The van der Waals surface area contributed by atoms with E-state index in [0.29, 0.717) is 0 Å². The number of thiophene rings is 1. The zero-order chi connectivity index (χ0) is 33.7.